The first-order valence-electron chi connectivity index (χ1n) is 5.48. The van der Waals surface area contributed by atoms with Gasteiger partial charge in [-0.25, -0.2) is 4.72 Å². The lowest BCUT2D eigenvalue weighted by atomic mass is 9.89. The molecule has 15 heavy (non-hydrogen) atoms. The Kier molecular flexibility index (Phi) is 2.79. The molecular formula is C9H19N3O2S. The molecule has 0 amide bonds. The third-order valence-corrected chi connectivity index (χ3v) is 5.06. The van der Waals surface area contributed by atoms with Crippen LogP contribution in [0.3, 0.4) is 0 Å². The zero-order valence-corrected chi connectivity index (χ0v) is 10.1. The van der Waals surface area contributed by atoms with Crippen molar-refractivity contribution in [1.29, 1.82) is 0 Å². The molecule has 88 valence electrons. The highest BCUT2D eigenvalue weighted by Gasteiger charge is 2.51. The summed E-state index contributed by atoms with van der Waals surface area (Å²) in [4.78, 5) is 0. The maximum absolute atomic E-state index is 11.9. The van der Waals surface area contributed by atoms with E-state index >= 15 is 0 Å². The highest BCUT2D eigenvalue weighted by atomic mass is 32.2. The van der Waals surface area contributed by atoms with Gasteiger partial charge in [0.15, 0.2) is 0 Å². The first-order chi connectivity index (χ1) is 6.98. The van der Waals surface area contributed by atoms with Crippen LogP contribution in [0.2, 0.25) is 0 Å². The van der Waals surface area contributed by atoms with Gasteiger partial charge >= 0.3 is 0 Å². The molecule has 2 saturated heterocycles. The number of hydrogen-bond acceptors (Lipinski definition) is 3. The van der Waals surface area contributed by atoms with Crippen molar-refractivity contribution in [3.05, 3.63) is 0 Å². The van der Waals surface area contributed by atoms with E-state index in [9.17, 15) is 8.42 Å². The standard InChI is InChI=1S/C9H19N3O2S/c1-8(2)12-9(4-3-5-10-6-9)7-11-15(12,13)14/h8,10-11H,3-7H2,1-2H3. The lowest BCUT2D eigenvalue weighted by Crippen LogP contribution is -2.58. The van der Waals surface area contributed by atoms with E-state index in [1.54, 1.807) is 4.31 Å². The molecule has 5 nitrogen and oxygen atoms in total. The first-order valence-corrected chi connectivity index (χ1v) is 6.92. The monoisotopic (exact) mass is 233 g/mol. The summed E-state index contributed by atoms with van der Waals surface area (Å²) >= 11 is 0. The van der Waals surface area contributed by atoms with E-state index in [1.807, 2.05) is 13.8 Å². The number of piperidine rings is 1. The summed E-state index contributed by atoms with van der Waals surface area (Å²) in [5.41, 5.74) is -0.231. The third kappa shape index (κ3) is 1.80. The molecular weight excluding hydrogens is 214 g/mol. The minimum Gasteiger partial charge on any atom is -0.315 e. The summed E-state index contributed by atoms with van der Waals surface area (Å²) in [6.07, 6.45) is 1.99. The number of hydrogen-bond donors (Lipinski definition) is 2. The molecule has 0 aromatic rings. The summed E-state index contributed by atoms with van der Waals surface area (Å²) in [5, 5.41) is 3.29. The Balaban J connectivity index is 2.32. The quantitative estimate of drug-likeness (QED) is 0.652. The maximum Gasteiger partial charge on any atom is 0.280 e. The van der Waals surface area contributed by atoms with Crippen LogP contribution in [0.15, 0.2) is 0 Å². The summed E-state index contributed by atoms with van der Waals surface area (Å²) < 4.78 is 28.0. The van der Waals surface area contributed by atoms with Crippen molar-refractivity contribution in [2.75, 3.05) is 19.6 Å². The van der Waals surface area contributed by atoms with Crippen LogP contribution in [0.4, 0.5) is 0 Å². The molecule has 2 N–H and O–H groups in total. The Bertz CT molecular complexity index is 333. The van der Waals surface area contributed by atoms with Gasteiger partial charge in [-0.3, -0.25) is 0 Å². The van der Waals surface area contributed by atoms with E-state index < -0.39 is 10.2 Å². The average Bonchev–Trinajstić information content (AvgIpc) is 2.39. The van der Waals surface area contributed by atoms with Crippen LogP contribution in [0.5, 0.6) is 0 Å². The molecule has 0 bridgehead atoms. The molecule has 1 atom stereocenters. The van der Waals surface area contributed by atoms with Gasteiger partial charge in [0.25, 0.3) is 10.2 Å². The molecule has 0 aliphatic carbocycles. The number of rotatable bonds is 1. The smallest absolute Gasteiger partial charge is 0.280 e. The molecule has 2 aliphatic rings. The third-order valence-electron chi connectivity index (χ3n) is 3.23. The average molecular weight is 233 g/mol. The van der Waals surface area contributed by atoms with Crippen molar-refractivity contribution < 1.29 is 8.42 Å². The van der Waals surface area contributed by atoms with Crippen molar-refractivity contribution in [3.63, 3.8) is 0 Å². The normalized spacial score (nSPS) is 36.5. The van der Waals surface area contributed by atoms with Gasteiger partial charge in [-0.15, -0.1) is 0 Å². The maximum atomic E-state index is 11.9. The SMILES string of the molecule is CC(C)N1C2(CCCNC2)CNS1(=O)=O. The van der Waals surface area contributed by atoms with E-state index in [4.69, 9.17) is 0 Å². The molecule has 6 heteroatoms. The fourth-order valence-corrected chi connectivity index (χ4v) is 4.62. The fourth-order valence-electron chi connectivity index (χ4n) is 2.74. The van der Waals surface area contributed by atoms with E-state index in [2.05, 4.69) is 10.0 Å². The van der Waals surface area contributed by atoms with Gasteiger partial charge in [0.1, 0.15) is 0 Å². The molecule has 1 unspecified atom stereocenters. The lowest BCUT2D eigenvalue weighted by Gasteiger charge is -2.41. The Labute approximate surface area is 91.4 Å². The van der Waals surface area contributed by atoms with Crippen LogP contribution in [0, 0.1) is 0 Å². The van der Waals surface area contributed by atoms with Gasteiger partial charge in [0, 0.05) is 19.1 Å². The van der Waals surface area contributed by atoms with E-state index in [0.29, 0.717) is 6.54 Å². The Morgan fingerprint density at radius 2 is 2.07 bits per heavy atom. The molecule has 1 spiro atoms. The van der Waals surface area contributed by atoms with E-state index in [-0.39, 0.29) is 11.6 Å². The Hall–Kier alpha value is -0.170. The minimum atomic E-state index is -3.25. The lowest BCUT2D eigenvalue weighted by molar-refractivity contribution is 0.143. The predicted octanol–water partition coefficient (Wildman–Crippen LogP) is -0.333. The van der Waals surface area contributed by atoms with Crippen LogP contribution in [-0.2, 0) is 10.2 Å². The van der Waals surface area contributed by atoms with Gasteiger partial charge in [-0.2, -0.15) is 12.7 Å². The highest BCUT2D eigenvalue weighted by molar-refractivity contribution is 7.87. The Morgan fingerprint density at radius 3 is 2.60 bits per heavy atom. The molecule has 0 aromatic heterocycles. The molecule has 0 radical (unpaired) electrons. The van der Waals surface area contributed by atoms with Crippen LogP contribution >= 0.6 is 0 Å². The van der Waals surface area contributed by atoms with Gasteiger partial charge in [-0.05, 0) is 33.2 Å². The van der Waals surface area contributed by atoms with Crippen molar-refractivity contribution in [1.82, 2.24) is 14.3 Å². The fraction of sp³-hybridized carbons (Fsp3) is 1.00. The van der Waals surface area contributed by atoms with Crippen molar-refractivity contribution in [2.24, 2.45) is 0 Å². The van der Waals surface area contributed by atoms with E-state index in [0.717, 1.165) is 25.9 Å². The van der Waals surface area contributed by atoms with Crippen molar-refractivity contribution in [2.45, 2.75) is 38.3 Å². The molecule has 0 saturated carbocycles. The van der Waals surface area contributed by atoms with Gasteiger partial charge in [-0.1, -0.05) is 0 Å². The zero-order chi connectivity index (χ0) is 11.1. The van der Waals surface area contributed by atoms with Gasteiger partial charge in [0.2, 0.25) is 0 Å². The number of nitrogens with zero attached hydrogens (tertiary/aromatic N) is 1. The van der Waals surface area contributed by atoms with Crippen molar-refractivity contribution >= 4 is 10.2 Å². The molecule has 2 heterocycles. The molecule has 2 fully saturated rings. The largest absolute Gasteiger partial charge is 0.315 e. The second-order valence-corrected chi connectivity index (χ2v) is 6.35. The molecule has 2 rings (SSSR count). The van der Waals surface area contributed by atoms with Gasteiger partial charge in [0.05, 0.1) is 5.54 Å². The topological polar surface area (TPSA) is 61.4 Å². The molecule has 2 aliphatic heterocycles. The van der Waals surface area contributed by atoms with Crippen LogP contribution in [-0.4, -0.2) is 43.9 Å². The summed E-state index contributed by atoms with van der Waals surface area (Å²) in [7, 11) is -3.25. The summed E-state index contributed by atoms with van der Waals surface area (Å²) in [6, 6.07) is 0.0184. The second-order valence-electron chi connectivity index (χ2n) is 4.72. The first kappa shape index (κ1) is 11.3. The van der Waals surface area contributed by atoms with E-state index in [1.165, 1.54) is 0 Å². The van der Waals surface area contributed by atoms with Crippen molar-refractivity contribution in [3.8, 4) is 0 Å². The minimum absolute atomic E-state index is 0.0184. The summed E-state index contributed by atoms with van der Waals surface area (Å²) in [6.45, 7) is 6.16. The van der Waals surface area contributed by atoms with Crippen LogP contribution in [0.1, 0.15) is 26.7 Å². The van der Waals surface area contributed by atoms with Crippen LogP contribution in [0.25, 0.3) is 0 Å². The zero-order valence-electron chi connectivity index (χ0n) is 9.28. The number of nitrogens with one attached hydrogen (secondary N) is 2. The Morgan fingerprint density at radius 1 is 1.33 bits per heavy atom. The van der Waals surface area contributed by atoms with Gasteiger partial charge < -0.3 is 5.32 Å². The summed E-state index contributed by atoms with van der Waals surface area (Å²) in [5.74, 6) is 0. The predicted molar refractivity (Wildman–Crippen MR) is 58.7 cm³/mol. The van der Waals surface area contributed by atoms with Crippen LogP contribution < -0.4 is 10.0 Å². The molecule has 0 aromatic carbocycles. The second kappa shape index (κ2) is 3.69. The highest BCUT2D eigenvalue weighted by Crippen LogP contribution is 2.32.